The molecule has 0 spiro atoms. The molecule has 0 aliphatic carbocycles. The van der Waals surface area contributed by atoms with Crippen molar-refractivity contribution < 1.29 is 33.6 Å². The van der Waals surface area contributed by atoms with E-state index in [4.69, 9.17) is 23.9 Å². The predicted octanol–water partition coefficient (Wildman–Crippen LogP) is 7.23. The van der Waals surface area contributed by atoms with Crippen LogP contribution in [0, 0.1) is 0 Å². The molecule has 3 heterocycles. The van der Waals surface area contributed by atoms with Gasteiger partial charge in [-0.1, -0.05) is 47.7 Å². The normalized spacial score (nSPS) is 18.3. The zero-order chi connectivity index (χ0) is 32.7. The molecule has 9 nitrogen and oxygen atoms in total. The lowest BCUT2D eigenvalue weighted by Gasteiger charge is -2.24. The van der Waals surface area contributed by atoms with Gasteiger partial charge in [-0.3, -0.25) is 14.5 Å². The Morgan fingerprint density at radius 2 is 1.83 bits per heavy atom. The van der Waals surface area contributed by atoms with E-state index in [0.717, 1.165) is 21.6 Å². The molecule has 1 fully saturated rings. The van der Waals surface area contributed by atoms with Crippen LogP contribution in [0.3, 0.4) is 0 Å². The van der Waals surface area contributed by atoms with Crippen LogP contribution in [0.25, 0.3) is 16.0 Å². The average Bonchev–Trinajstić information content (AvgIpc) is 3.75. The van der Waals surface area contributed by atoms with Gasteiger partial charge in [0.05, 0.1) is 35.5 Å². The van der Waals surface area contributed by atoms with Gasteiger partial charge in [0, 0.05) is 12.0 Å². The third kappa shape index (κ3) is 5.65. The van der Waals surface area contributed by atoms with E-state index < -0.39 is 17.7 Å². The number of carbonyl (C=O) groups is 2. The molecule has 0 radical (unpaired) electrons. The molecule has 10 heteroatoms. The number of carbonyl (C=O) groups excluding carboxylic acids is 2. The second-order valence-electron chi connectivity index (χ2n) is 11.4. The molecule has 2 unspecified atom stereocenters. The zero-order valence-electron chi connectivity index (χ0n) is 26.1. The second-order valence-corrected chi connectivity index (χ2v) is 12.4. The van der Waals surface area contributed by atoms with E-state index in [9.17, 15) is 14.7 Å². The number of thiazole rings is 1. The molecule has 1 amide bonds. The van der Waals surface area contributed by atoms with Crippen LogP contribution in [0.15, 0.2) is 90.5 Å². The summed E-state index contributed by atoms with van der Waals surface area (Å²) >= 11 is 1.27. The van der Waals surface area contributed by atoms with E-state index in [-0.39, 0.29) is 17.4 Å². The minimum atomic E-state index is -0.998. The largest absolute Gasteiger partial charge is 0.507 e. The monoisotopic (exact) mass is 648 g/mol. The third-order valence-electron chi connectivity index (χ3n) is 8.22. The first-order valence-electron chi connectivity index (χ1n) is 15.3. The summed E-state index contributed by atoms with van der Waals surface area (Å²) in [6, 6.07) is 24.8. The molecule has 2 aliphatic heterocycles. The molecule has 2 atom stereocenters. The summed E-state index contributed by atoms with van der Waals surface area (Å²) in [5, 5.41) is 12.1. The van der Waals surface area contributed by atoms with Crippen molar-refractivity contribution in [2.75, 3.05) is 18.6 Å². The highest BCUT2D eigenvalue weighted by Crippen LogP contribution is 2.46. The van der Waals surface area contributed by atoms with Gasteiger partial charge >= 0.3 is 5.91 Å². The molecule has 1 N–H and O–H groups in total. The summed E-state index contributed by atoms with van der Waals surface area (Å²) in [7, 11) is 1.53. The number of benzene rings is 4. The van der Waals surface area contributed by atoms with Crippen LogP contribution in [-0.2, 0) is 22.6 Å². The number of ketones is 1. The van der Waals surface area contributed by atoms with Gasteiger partial charge in [-0.15, -0.1) is 0 Å². The Morgan fingerprint density at radius 1 is 1.00 bits per heavy atom. The fourth-order valence-electron chi connectivity index (χ4n) is 6.03. The number of aromatic nitrogens is 1. The molecule has 2 aliphatic rings. The SMILES string of the molecule is CCOc1ccc2nc(N3C(=O)C(=O)C(=C(O)c4ccc5c(c4)CC(C)O5)C3c3ccc(OCc4ccccc4)c(OC)c3)sc2c1. The van der Waals surface area contributed by atoms with Crippen LogP contribution in [-0.4, -0.2) is 41.6 Å². The molecule has 7 rings (SSSR count). The summed E-state index contributed by atoms with van der Waals surface area (Å²) in [6.07, 6.45) is 0.677. The summed E-state index contributed by atoms with van der Waals surface area (Å²) in [6.45, 7) is 4.71. The quantitative estimate of drug-likeness (QED) is 0.101. The average molecular weight is 649 g/mol. The van der Waals surface area contributed by atoms with Gasteiger partial charge in [-0.2, -0.15) is 0 Å². The van der Waals surface area contributed by atoms with Gasteiger partial charge in [0.2, 0.25) is 0 Å². The minimum Gasteiger partial charge on any atom is -0.507 e. The number of Topliss-reactive ketones (excluding diaryl/α,β-unsaturated/α-hetero) is 1. The van der Waals surface area contributed by atoms with E-state index in [0.29, 0.717) is 58.7 Å². The van der Waals surface area contributed by atoms with Crippen molar-refractivity contribution >= 4 is 44.1 Å². The zero-order valence-corrected chi connectivity index (χ0v) is 26.9. The number of rotatable bonds is 9. The lowest BCUT2D eigenvalue weighted by Crippen LogP contribution is -2.29. The molecule has 0 saturated carbocycles. The fraction of sp³-hybridized carbons (Fsp3) is 0.216. The fourth-order valence-corrected chi connectivity index (χ4v) is 7.05. The van der Waals surface area contributed by atoms with Crippen LogP contribution >= 0.6 is 11.3 Å². The maximum absolute atomic E-state index is 13.9. The topological polar surface area (TPSA) is 107 Å². The number of aliphatic hydroxyl groups excluding tert-OH is 1. The van der Waals surface area contributed by atoms with E-state index in [1.807, 2.05) is 68.4 Å². The van der Waals surface area contributed by atoms with Crippen LogP contribution < -0.4 is 23.8 Å². The van der Waals surface area contributed by atoms with E-state index in [1.54, 1.807) is 30.3 Å². The lowest BCUT2D eigenvalue weighted by atomic mass is 9.94. The number of hydrogen-bond acceptors (Lipinski definition) is 9. The first-order valence-corrected chi connectivity index (χ1v) is 16.1. The van der Waals surface area contributed by atoms with Crippen molar-refractivity contribution in [3.05, 3.63) is 113 Å². The molecule has 4 aromatic carbocycles. The van der Waals surface area contributed by atoms with Crippen molar-refractivity contribution in [1.29, 1.82) is 0 Å². The van der Waals surface area contributed by atoms with Crippen LogP contribution in [0.5, 0.6) is 23.0 Å². The Labute approximate surface area is 275 Å². The number of aliphatic hydroxyl groups is 1. The number of ether oxygens (including phenoxy) is 4. The Morgan fingerprint density at radius 3 is 2.62 bits per heavy atom. The summed E-state index contributed by atoms with van der Waals surface area (Å²) < 4.78 is 24.1. The highest BCUT2D eigenvalue weighted by molar-refractivity contribution is 7.22. The van der Waals surface area contributed by atoms with Crippen molar-refractivity contribution in [1.82, 2.24) is 4.98 Å². The molecular formula is C37H32N2O7S. The van der Waals surface area contributed by atoms with Gasteiger partial charge < -0.3 is 24.1 Å². The molecule has 0 bridgehead atoms. The van der Waals surface area contributed by atoms with Crippen LogP contribution in [0.4, 0.5) is 5.13 Å². The van der Waals surface area contributed by atoms with Gasteiger partial charge in [0.1, 0.15) is 30.0 Å². The Hall–Kier alpha value is -5.35. The molecule has 238 valence electrons. The number of nitrogens with zero attached hydrogens (tertiary/aromatic N) is 2. The van der Waals surface area contributed by atoms with Crippen molar-refractivity contribution in [2.24, 2.45) is 0 Å². The number of amides is 1. The molecule has 5 aromatic rings. The molecule has 1 saturated heterocycles. The first-order chi connectivity index (χ1) is 22.8. The number of hydrogen-bond donors (Lipinski definition) is 1. The van der Waals surface area contributed by atoms with Crippen molar-refractivity contribution in [3.63, 3.8) is 0 Å². The Kier molecular flexibility index (Phi) is 8.03. The third-order valence-corrected chi connectivity index (χ3v) is 9.24. The number of anilines is 1. The Bertz CT molecular complexity index is 2040. The van der Waals surface area contributed by atoms with Crippen molar-refractivity contribution in [3.8, 4) is 23.0 Å². The van der Waals surface area contributed by atoms with Crippen LogP contribution in [0.1, 0.15) is 42.1 Å². The van der Waals surface area contributed by atoms with Gasteiger partial charge in [0.15, 0.2) is 16.6 Å². The first kappa shape index (κ1) is 30.3. The highest BCUT2D eigenvalue weighted by atomic mass is 32.1. The van der Waals surface area contributed by atoms with Gasteiger partial charge in [-0.05, 0) is 79.1 Å². The van der Waals surface area contributed by atoms with Gasteiger partial charge in [-0.25, -0.2) is 4.98 Å². The predicted molar refractivity (Wildman–Crippen MR) is 180 cm³/mol. The number of fused-ring (bicyclic) bond motifs is 2. The highest BCUT2D eigenvalue weighted by Gasteiger charge is 2.48. The van der Waals surface area contributed by atoms with Crippen LogP contribution in [0.2, 0.25) is 0 Å². The molecule has 1 aromatic heterocycles. The summed E-state index contributed by atoms with van der Waals surface area (Å²) in [5.74, 6) is 0.451. The standard InChI is InChI=1S/C37H32N2O7S/c1-4-44-26-12-13-27-31(19-26)47-37(38-27)39-33(23-10-15-29(30(18-23)43-3)45-20-22-8-6-5-7-9-22)32(35(41)36(39)42)34(40)24-11-14-28-25(17-24)16-21(2)46-28/h5-15,17-19,21,33,40H,4,16,20H2,1-3H3. The van der Waals surface area contributed by atoms with Gasteiger partial charge in [0.25, 0.3) is 5.78 Å². The number of methoxy groups -OCH3 is 1. The Balaban J connectivity index is 1.34. The van der Waals surface area contributed by atoms with Crippen molar-refractivity contribution in [2.45, 2.75) is 39.0 Å². The van der Waals surface area contributed by atoms with E-state index in [1.165, 1.54) is 23.3 Å². The smallest absolute Gasteiger partial charge is 0.301 e. The maximum Gasteiger partial charge on any atom is 0.301 e. The summed E-state index contributed by atoms with van der Waals surface area (Å²) in [4.78, 5) is 33.9. The molecule has 47 heavy (non-hydrogen) atoms. The van der Waals surface area contributed by atoms with E-state index in [2.05, 4.69) is 0 Å². The second kappa shape index (κ2) is 12.4. The summed E-state index contributed by atoms with van der Waals surface area (Å²) in [5.41, 5.74) is 3.49. The lowest BCUT2D eigenvalue weighted by molar-refractivity contribution is -0.132. The minimum absolute atomic E-state index is 0.00495. The van der Waals surface area contributed by atoms with E-state index >= 15 is 0 Å². The molecular weight excluding hydrogens is 616 g/mol. The maximum atomic E-state index is 13.9.